The van der Waals surface area contributed by atoms with Gasteiger partial charge in [0.05, 0.1) is 15.6 Å². The van der Waals surface area contributed by atoms with Crippen molar-refractivity contribution >= 4 is 15.6 Å². The van der Waals surface area contributed by atoms with Crippen LogP contribution in [0.5, 0.6) is 0 Å². The standard InChI is InChI=1S/H4O7P2.15W/c1-8(2,3)7-9(4,5)6;;;;;;;;;;;;;;;/h(H2,1,2,3)(H2,4,5,6);;;;;;;;;;;;;;;/p-4. The predicted octanol–water partition coefficient (Wildman–Crippen LogP) is -3.38. The van der Waals surface area contributed by atoms with Gasteiger partial charge in [0.1, 0.15) is 0 Å². The minimum Gasteiger partial charge on any atom is -0.790 e. The molecule has 0 aromatic heterocycles. The number of phosphoric acid groups is 2. The first-order valence-corrected chi connectivity index (χ1v) is 4.38. The van der Waals surface area contributed by atoms with E-state index < -0.39 is 15.6 Å². The van der Waals surface area contributed by atoms with Gasteiger partial charge in [-0.1, -0.05) is 0 Å². The molecular formula is O7P2W15-4. The van der Waals surface area contributed by atoms with E-state index in [1.54, 1.807) is 0 Å². The maximum absolute atomic E-state index is 9.32. The van der Waals surface area contributed by atoms with Crippen LogP contribution in [0.2, 0.25) is 0 Å². The molecule has 146 valence electrons. The molecule has 0 aliphatic carbocycles. The van der Waals surface area contributed by atoms with Crippen LogP contribution in [0.1, 0.15) is 0 Å². The van der Waals surface area contributed by atoms with E-state index in [2.05, 4.69) is 4.31 Å². The summed E-state index contributed by atoms with van der Waals surface area (Å²) >= 11 is 0. The van der Waals surface area contributed by atoms with E-state index in [0.29, 0.717) is 0 Å². The second-order valence-corrected chi connectivity index (χ2v) is 3.42. The topological polar surface area (TPSA) is 136 Å². The quantitative estimate of drug-likeness (QED) is 0.264. The molecule has 0 atom stereocenters. The average molecular weight is 2930 g/mol. The maximum Gasteiger partial charge on any atom is 0.0655 e. The molecule has 0 amide bonds. The van der Waals surface area contributed by atoms with Crippen molar-refractivity contribution in [1.82, 2.24) is 0 Å². The summed E-state index contributed by atoms with van der Waals surface area (Å²) in [4.78, 5) is 37.3. The van der Waals surface area contributed by atoms with Gasteiger partial charge < -0.3 is 33.0 Å². The van der Waals surface area contributed by atoms with Crippen LogP contribution in [0, 0.1) is 0 Å². The summed E-state index contributed by atoms with van der Waals surface area (Å²) in [5.74, 6) is 0. The van der Waals surface area contributed by atoms with E-state index in [0.717, 1.165) is 0 Å². The van der Waals surface area contributed by atoms with Gasteiger partial charge in [-0.3, -0.25) is 0 Å². The smallest absolute Gasteiger partial charge is 0.0655 e. The number of hydrogen-bond acceptors (Lipinski definition) is 7. The predicted molar refractivity (Wildman–Crippen MR) is 16.3 cm³/mol. The zero-order valence-electron chi connectivity index (χ0n) is 9.88. The van der Waals surface area contributed by atoms with Crippen molar-refractivity contribution in [2.45, 2.75) is 0 Å². The maximum atomic E-state index is 9.32. The van der Waals surface area contributed by atoms with E-state index in [4.69, 9.17) is 0 Å². The monoisotopic (exact) mass is 2930 g/mol. The van der Waals surface area contributed by atoms with Gasteiger partial charge in [-0.25, -0.2) is 0 Å². The zero-order valence-corrected chi connectivity index (χ0v) is 55.7. The van der Waals surface area contributed by atoms with E-state index >= 15 is 0 Å². The second-order valence-electron chi connectivity index (χ2n) is 0.976. The minimum atomic E-state index is -5.68. The molecule has 0 heterocycles. The Morgan fingerprint density at radius 1 is 0.375 bits per heavy atom. The minimum absolute atomic E-state index is 0. The summed E-state index contributed by atoms with van der Waals surface area (Å²) in [6.07, 6.45) is 0. The van der Waals surface area contributed by atoms with Crippen LogP contribution in [0.25, 0.3) is 0 Å². The molecule has 0 aromatic rings. The summed E-state index contributed by atoms with van der Waals surface area (Å²) in [5, 5.41) is 0. The van der Waals surface area contributed by atoms with Crippen LogP contribution in [0.15, 0.2) is 0 Å². The third kappa shape index (κ3) is 118. The van der Waals surface area contributed by atoms with Gasteiger partial charge in [0.25, 0.3) is 0 Å². The molecule has 0 radical (unpaired) electrons. The normalized spacial score (nSPS) is 5.17. The van der Waals surface area contributed by atoms with Gasteiger partial charge in [-0.15, -0.1) is 0 Å². The molecule has 0 aliphatic rings. The van der Waals surface area contributed by atoms with Crippen molar-refractivity contribution in [3.8, 4) is 0 Å². The first-order valence-electron chi connectivity index (χ1n) is 1.46. The molecule has 0 saturated carbocycles. The van der Waals surface area contributed by atoms with Gasteiger partial charge in [-0.05, 0) is 0 Å². The van der Waals surface area contributed by atoms with E-state index in [-0.39, 0.29) is 316 Å². The van der Waals surface area contributed by atoms with Crippen LogP contribution in [-0.4, -0.2) is 0 Å². The Hall–Kier alpha value is 10.6. The fraction of sp³-hybridized carbons (Fsp3) is 0. The molecule has 0 aromatic carbocycles. The molecule has 0 aliphatic heterocycles. The van der Waals surface area contributed by atoms with Crippen LogP contribution in [0.4, 0.5) is 0 Å². The fourth-order valence-electron chi connectivity index (χ4n) is 0.122. The number of hydrogen-bond donors (Lipinski definition) is 0. The van der Waals surface area contributed by atoms with Crippen LogP contribution < -0.4 is 19.6 Å². The molecule has 0 N–H and O–H groups in total. The van der Waals surface area contributed by atoms with Gasteiger partial charge in [-0.2, -0.15) is 0 Å². The summed E-state index contributed by atoms with van der Waals surface area (Å²) in [7, 11) is -11.4. The number of rotatable bonds is 2. The third-order valence-electron chi connectivity index (χ3n) is 0.200. The Morgan fingerprint density at radius 2 is 0.458 bits per heavy atom. The van der Waals surface area contributed by atoms with Crippen molar-refractivity contribution in [3.05, 3.63) is 0 Å². The summed E-state index contributed by atoms with van der Waals surface area (Å²) in [6.45, 7) is 0. The summed E-state index contributed by atoms with van der Waals surface area (Å²) < 4.78 is 21.2. The molecule has 0 spiro atoms. The molecule has 0 saturated heterocycles. The first kappa shape index (κ1) is 113. The second kappa shape index (κ2) is 64.1. The first-order chi connectivity index (χ1) is 3.71. The van der Waals surface area contributed by atoms with E-state index in [1.807, 2.05) is 0 Å². The Bertz CT molecular complexity index is 170. The molecule has 0 fully saturated rings. The molecule has 0 unspecified atom stereocenters. The Labute approximate surface area is 356 Å². The van der Waals surface area contributed by atoms with Gasteiger partial charge >= 0.3 is 0 Å². The third-order valence-corrected chi connectivity index (χ3v) is 1.80. The zero-order chi connectivity index (χ0) is 7.71. The molecule has 7 nitrogen and oxygen atoms in total. The van der Waals surface area contributed by atoms with Crippen LogP contribution in [-0.2, 0) is 329 Å². The molecule has 24 heavy (non-hydrogen) atoms. The average Bonchev–Trinajstić information content (AvgIpc) is 1.14. The Kier molecular flexibility index (Phi) is 302. The van der Waals surface area contributed by atoms with Crippen molar-refractivity contribution < 1.29 is 349 Å². The Balaban J connectivity index is -0.00000000305. The van der Waals surface area contributed by atoms with Gasteiger partial charge in [0.2, 0.25) is 0 Å². The Morgan fingerprint density at radius 3 is 0.458 bits per heavy atom. The molecule has 0 bridgehead atoms. The van der Waals surface area contributed by atoms with Crippen molar-refractivity contribution in [2.24, 2.45) is 0 Å². The van der Waals surface area contributed by atoms with Crippen molar-refractivity contribution in [1.29, 1.82) is 0 Å². The molecular weight excluding hydrogens is 2930 g/mol. The summed E-state index contributed by atoms with van der Waals surface area (Å²) in [5.41, 5.74) is 0. The SMILES string of the molecule is O=P([O-])([O-])OP(=O)([O-])[O-].[W].[W].[W].[W].[W].[W].[W].[W].[W].[W].[W].[W].[W].[W].[W]. The van der Waals surface area contributed by atoms with Crippen molar-refractivity contribution in [2.75, 3.05) is 0 Å². The van der Waals surface area contributed by atoms with E-state index in [9.17, 15) is 28.7 Å². The van der Waals surface area contributed by atoms with Crippen molar-refractivity contribution in [3.63, 3.8) is 0 Å². The largest absolute Gasteiger partial charge is 0.790 e. The van der Waals surface area contributed by atoms with E-state index in [1.165, 1.54) is 0 Å². The van der Waals surface area contributed by atoms with Gasteiger partial charge in [0, 0.05) is 316 Å². The van der Waals surface area contributed by atoms with Gasteiger partial charge in [0.15, 0.2) is 0 Å². The fourth-order valence-corrected chi connectivity index (χ4v) is 1.10. The van der Waals surface area contributed by atoms with Crippen LogP contribution in [0.3, 0.4) is 0 Å². The molecule has 0 rings (SSSR count). The van der Waals surface area contributed by atoms with Crippen LogP contribution >= 0.6 is 15.6 Å². The summed E-state index contributed by atoms with van der Waals surface area (Å²) in [6, 6.07) is 0. The molecule has 24 heteroatoms.